The Morgan fingerprint density at radius 1 is 1.00 bits per heavy atom. The maximum absolute atomic E-state index is 6.21. The molecule has 3 aromatic carbocycles. The predicted octanol–water partition coefficient (Wildman–Crippen LogP) is 4.79. The van der Waals surface area contributed by atoms with E-state index in [9.17, 15) is 0 Å². The van der Waals surface area contributed by atoms with Gasteiger partial charge in [-0.05, 0) is 46.3 Å². The van der Waals surface area contributed by atoms with Gasteiger partial charge in [0.15, 0.2) is 11.5 Å². The van der Waals surface area contributed by atoms with Crippen molar-refractivity contribution in [1.29, 1.82) is 0 Å². The Balaban J connectivity index is 1.25. The van der Waals surface area contributed by atoms with Gasteiger partial charge in [0.2, 0.25) is 5.16 Å². The van der Waals surface area contributed by atoms with Crippen LogP contribution in [0.25, 0.3) is 5.69 Å². The predicted molar refractivity (Wildman–Crippen MR) is 130 cm³/mol. The van der Waals surface area contributed by atoms with E-state index in [0.717, 1.165) is 34.3 Å². The fourth-order valence-corrected chi connectivity index (χ4v) is 4.14. The van der Waals surface area contributed by atoms with E-state index < -0.39 is 0 Å². The lowest BCUT2D eigenvalue weighted by molar-refractivity contribution is 0.284. The summed E-state index contributed by atoms with van der Waals surface area (Å²) < 4.78 is 13.2. The van der Waals surface area contributed by atoms with Crippen molar-refractivity contribution in [2.24, 2.45) is 0 Å². The van der Waals surface area contributed by atoms with Gasteiger partial charge in [-0.25, -0.2) is 0 Å². The molecule has 1 N–H and O–H groups in total. The molecule has 33 heavy (non-hydrogen) atoms. The molecule has 0 spiro atoms. The average molecular weight is 482 g/mol. The molecule has 0 saturated carbocycles. The van der Waals surface area contributed by atoms with E-state index in [2.05, 4.69) is 20.8 Å². The van der Waals surface area contributed by atoms with E-state index in [4.69, 9.17) is 21.1 Å². The number of aromatic nitrogens is 4. The quantitative estimate of drug-likeness (QED) is 0.244. The van der Waals surface area contributed by atoms with Gasteiger partial charge in [0, 0.05) is 29.4 Å². The number of hydrogen-bond acceptors (Lipinski definition) is 7. The van der Waals surface area contributed by atoms with Crippen molar-refractivity contribution in [3.05, 3.63) is 88.9 Å². The zero-order valence-electron chi connectivity index (χ0n) is 18.1. The Morgan fingerprint density at radius 3 is 2.64 bits per heavy atom. The maximum atomic E-state index is 6.21. The first-order valence-corrected chi connectivity index (χ1v) is 11.8. The van der Waals surface area contributed by atoms with Crippen molar-refractivity contribution in [2.45, 2.75) is 18.3 Å². The number of nitrogens with zero attached hydrogens (tertiary/aromatic N) is 4. The maximum Gasteiger partial charge on any atom is 0.214 e. The topological polar surface area (TPSA) is 74.1 Å². The molecule has 7 nitrogen and oxygen atoms in total. The number of benzene rings is 3. The van der Waals surface area contributed by atoms with Crippen molar-refractivity contribution in [3.63, 3.8) is 0 Å². The number of hydrogen-bond donors (Lipinski definition) is 1. The van der Waals surface area contributed by atoms with Gasteiger partial charge in [0.1, 0.15) is 6.61 Å². The number of methoxy groups -OCH3 is 1. The van der Waals surface area contributed by atoms with Gasteiger partial charge in [-0.1, -0.05) is 65.8 Å². The van der Waals surface area contributed by atoms with E-state index in [0.29, 0.717) is 29.7 Å². The Hall–Kier alpha value is -3.07. The van der Waals surface area contributed by atoms with Crippen LogP contribution in [0.1, 0.15) is 11.1 Å². The fourth-order valence-electron chi connectivity index (χ4n) is 3.16. The van der Waals surface area contributed by atoms with Crippen LogP contribution >= 0.6 is 23.4 Å². The van der Waals surface area contributed by atoms with Crippen molar-refractivity contribution >= 4 is 23.4 Å². The lowest BCUT2D eigenvalue weighted by atomic mass is 10.2. The Morgan fingerprint density at radius 2 is 1.82 bits per heavy atom. The van der Waals surface area contributed by atoms with E-state index in [1.165, 1.54) is 0 Å². The number of thioether (sulfide) groups is 1. The lowest BCUT2D eigenvalue weighted by Crippen LogP contribution is -2.17. The summed E-state index contributed by atoms with van der Waals surface area (Å²) in [6.45, 7) is 1.90. The molecule has 0 aliphatic heterocycles. The van der Waals surface area contributed by atoms with E-state index in [1.807, 2.05) is 72.8 Å². The Labute approximate surface area is 202 Å². The summed E-state index contributed by atoms with van der Waals surface area (Å²) in [5, 5.41) is 16.9. The van der Waals surface area contributed by atoms with Gasteiger partial charge < -0.3 is 14.8 Å². The smallest absolute Gasteiger partial charge is 0.214 e. The largest absolute Gasteiger partial charge is 0.493 e. The van der Waals surface area contributed by atoms with E-state index >= 15 is 0 Å². The van der Waals surface area contributed by atoms with Crippen LogP contribution in [0.5, 0.6) is 11.5 Å². The minimum Gasteiger partial charge on any atom is -0.493 e. The van der Waals surface area contributed by atoms with Gasteiger partial charge in [-0.2, -0.15) is 4.68 Å². The van der Waals surface area contributed by atoms with E-state index in [1.54, 1.807) is 23.6 Å². The van der Waals surface area contributed by atoms with Crippen LogP contribution in [0.4, 0.5) is 0 Å². The number of para-hydroxylation sites is 1. The highest BCUT2D eigenvalue weighted by Gasteiger charge is 2.09. The highest BCUT2D eigenvalue weighted by Crippen LogP contribution is 2.29. The number of ether oxygens (including phenoxy) is 2. The summed E-state index contributed by atoms with van der Waals surface area (Å²) >= 11 is 7.82. The molecule has 0 fully saturated rings. The number of rotatable bonds is 11. The normalized spacial score (nSPS) is 10.8. The van der Waals surface area contributed by atoms with Crippen molar-refractivity contribution in [2.75, 3.05) is 19.4 Å². The molecule has 4 rings (SSSR count). The molecule has 0 amide bonds. The van der Waals surface area contributed by atoms with Gasteiger partial charge in [0.05, 0.1) is 12.8 Å². The van der Waals surface area contributed by atoms with Crippen LogP contribution in [-0.2, 0) is 13.2 Å². The highest BCUT2D eigenvalue weighted by atomic mass is 35.5. The van der Waals surface area contributed by atoms with Crippen molar-refractivity contribution < 1.29 is 9.47 Å². The van der Waals surface area contributed by atoms with Gasteiger partial charge in [0.25, 0.3) is 0 Å². The molecular weight excluding hydrogens is 458 g/mol. The molecule has 0 unspecified atom stereocenters. The molecule has 1 aromatic heterocycles. The first-order chi connectivity index (χ1) is 16.2. The fraction of sp³-hybridized carbons (Fsp3) is 0.208. The molecule has 0 bridgehead atoms. The third-order valence-electron chi connectivity index (χ3n) is 4.85. The van der Waals surface area contributed by atoms with Crippen LogP contribution in [0, 0.1) is 0 Å². The molecule has 0 aliphatic carbocycles. The van der Waals surface area contributed by atoms with Crippen molar-refractivity contribution in [1.82, 2.24) is 25.5 Å². The summed E-state index contributed by atoms with van der Waals surface area (Å²) in [6.07, 6.45) is 0. The SMILES string of the molecule is COc1cc(CNCCSc2nnnn2-c2ccccc2)ccc1OCc1ccccc1Cl. The molecular formula is C24H24ClN5O2S. The van der Waals surface area contributed by atoms with Gasteiger partial charge in [-0.15, -0.1) is 5.10 Å². The summed E-state index contributed by atoms with van der Waals surface area (Å²) in [4.78, 5) is 0. The second kappa shape index (κ2) is 11.7. The summed E-state index contributed by atoms with van der Waals surface area (Å²) in [5.41, 5.74) is 2.99. The van der Waals surface area contributed by atoms with Crippen LogP contribution in [0.2, 0.25) is 5.02 Å². The molecule has 9 heteroatoms. The summed E-state index contributed by atoms with van der Waals surface area (Å²) in [6, 6.07) is 23.4. The number of halogens is 1. The first-order valence-electron chi connectivity index (χ1n) is 10.4. The van der Waals surface area contributed by atoms with Crippen molar-refractivity contribution in [3.8, 4) is 17.2 Å². The monoisotopic (exact) mass is 481 g/mol. The number of tetrazole rings is 1. The molecule has 0 atom stereocenters. The summed E-state index contributed by atoms with van der Waals surface area (Å²) in [7, 11) is 1.64. The third kappa shape index (κ3) is 6.25. The minimum absolute atomic E-state index is 0.382. The van der Waals surface area contributed by atoms with E-state index in [-0.39, 0.29) is 0 Å². The minimum atomic E-state index is 0.382. The zero-order chi connectivity index (χ0) is 22.9. The third-order valence-corrected chi connectivity index (χ3v) is 6.14. The number of nitrogens with one attached hydrogen (secondary N) is 1. The second-order valence-corrected chi connectivity index (χ2v) is 8.57. The molecule has 1 heterocycles. The molecule has 170 valence electrons. The van der Waals surface area contributed by atoms with Crippen LogP contribution in [-0.4, -0.2) is 39.6 Å². The molecule has 0 saturated heterocycles. The van der Waals surface area contributed by atoms with Gasteiger partial charge in [-0.3, -0.25) is 0 Å². The Kier molecular flexibility index (Phi) is 8.19. The second-order valence-electron chi connectivity index (χ2n) is 7.10. The average Bonchev–Trinajstić information content (AvgIpc) is 3.33. The standard InChI is InChI=1S/C24H24ClN5O2S/c1-31-23-15-18(11-12-22(23)32-17-19-7-5-6-10-21(19)25)16-26-13-14-33-24-27-28-29-30(24)20-8-3-2-4-9-20/h2-12,15,26H,13-14,16-17H2,1H3. The Bertz CT molecular complexity index is 1170. The van der Waals surface area contributed by atoms with Crippen LogP contribution in [0.15, 0.2) is 78.0 Å². The van der Waals surface area contributed by atoms with Crippen LogP contribution < -0.4 is 14.8 Å². The lowest BCUT2D eigenvalue weighted by Gasteiger charge is -2.13. The zero-order valence-corrected chi connectivity index (χ0v) is 19.7. The molecule has 0 radical (unpaired) electrons. The highest BCUT2D eigenvalue weighted by molar-refractivity contribution is 7.99. The molecule has 4 aromatic rings. The molecule has 0 aliphatic rings. The van der Waals surface area contributed by atoms with Gasteiger partial charge >= 0.3 is 0 Å². The van der Waals surface area contributed by atoms with Crippen LogP contribution in [0.3, 0.4) is 0 Å². The first kappa shape index (κ1) is 23.1. The summed E-state index contributed by atoms with van der Waals surface area (Å²) in [5.74, 6) is 2.21.